The van der Waals surface area contributed by atoms with Gasteiger partial charge in [0.25, 0.3) is 0 Å². The molecule has 0 unspecified atom stereocenters. The van der Waals surface area contributed by atoms with Crippen LogP contribution in [0.15, 0.2) is 18.2 Å². The molecule has 0 amide bonds. The number of hydrogen-bond donors (Lipinski definition) is 0. The second-order valence-corrected chi connectivity index (χ2v) is 8.23. The molecule has 1 aromatic carbocycles. The Balaban J connectivity index is 1.58. The third-order valence-corrected chi connectivity index (χ3v) is 6.12. The van der Waals surface area contributed by atoms with Crippen LogP contribution in [0, 0.1) is 13.8 Å². The topological polar surface area (TPSA) is 38.2 Å². The zero-order chi connectivity index (χ0) is 15.8. The van der Waals surface area contributed by atoms with Gasteiger partial charge in [0.15, 0.2) is 5.13 Å². The van der Waals surface area contributed by atoms with Gasteiger partial charge in [0.05, 0.1) is 34.1 Å². The van der Waals surface area contributed by atoms with E-state index in [1.165, 1.54) is 20.8 Å². The van der Waals surface area contributed by atoms with Crippen LogP contribution < -0.4 is 4.90 Å². The van der Waals surface area contributed by atoms with Crippen molar-refractivity contribution in [1.82, 2.24) is 9.97 Å². The zero-order valence-corrected chi connectivity index (χ0v) is 15.0. The van der Waals surface area contributed by atoms with Gasteiger partial charge < -0.3 is 9.64 Å². The number of morpholine rings is 1. The summed E-state index contributed by atoms with van der Waals surface area (Å²) in [6.07, 6.45) is 0.874. The van der Waals surface area contributed by atoms with Gasteiger partial charge in [-0.3, -0.25) is 0 Å². The molecular weight excluding hydrogens is 326 g/mol. The predicted octanol–water partition coefficient (Wildman–Crippen LogP) is 3.80. The Morgan fingerprint density at radius 1 is 1.13 bits per heavy atom. The van der Waals surface area contributed by atoms with Crippen LogP contribution in [0.4, 0.5) is 5.13 Å². The summed E-state index contributed by atoms with van der Waals surface area (Å²) in [6, 6.07) is 6.58. The number of rotatable bonds is 3. The zero-order valence-electron chi connectivity index (χ0n) is 13.3. The van der Waals surface area contributed by atoms with Crippen molar-refractivity contribution in [2.24, 2.45) is 0 Å². The van der Waals surface area contributed by atoms with Gasteiger partial charge in [-0.05, 0) is 31.5 Å². The van der Waals surface area contributed by atoms with Crippen molar-refractivity contribution in [3.8, 4) is 0 Å². The van der Waals surface area contributed by atoms with E-state index in [0.717, 1.165) is 48.4 Å². The van der Waals surface area contributed by atoms with Crippen LogP contribution in [0.5, 0.6) is 0 Å². The molecule has 1 aliphatic heterocycles. The Hall–Kier alpha value is -1.50. The predicted molar refractivity (Wildman–Crippen MR) is 97.0 cm³/mol. The largest absolute Gasteiger partial charge is 0.378 e. The second-order valence-electron chi connectivity index (χ2n) is 5.81. The van der Waals surface area contributed by atoms with Crippen molar-refractivity contribution in [2.45, 2.75) is 20.3 Å². The molecule has 0 bridgehead atoms. The monoisotopic (exact) mass is 345 g/mol. The van der Waals surface area contributed by atoms with Crippen molar-refractivity contribution < 1.29 is 4.74 Å². The Morgan fingerprint density at radius 2 is 1.96 bits per heavy atom. The number of thiazole rings is 2. The van der Waals surface area contributed by atoms with Crippen molar-refractivity contribution in [2.75, 3.05) is 31.2 Å². The summed E-state index contributed by atoms with van der Waals surface area (Å²) >= 11 is 3.54. The first kappa shape index (κ1) is 15.1. The molecule has 0 spiro atoms. The lowest BCUT2D eigenvalue weighted by Crippen LogP contribution is -2.36. The number of fused-ring (bicyclic) bond motifs is 1. The molecule has 0 atom stereocenters. The lowest BCUT2D eigenvalue weighted by molar-refractivity contribution is 0.122. The maximum absolute atomic E-state index is 5.43. The minimum atomic E-state index is 0.799. The molecule has 1 saturated heterocycles. The van der Waals surface area contributed by atoms with Crippen LogP contribution in [0.1, 0.15) is 21.1 Å². The quantitative estimate of drug-likeness (QED) is 0.724. The van der Waals surface area contributed by atoms with E-state index in [2.05, 4.69) is 41.9 Å². The number of aromatic nitrogens is 2. The summed E-state index contributed by atoms with van der Waals surface area (Å²) in [4.78, 5) is 13.1. The smallest absolute Gasteiger partial charge is 0.185 e. The molecule has 0 N–H and O–H groups in total. The van der Waals surface area contributed by atoms with Crippen LogP contribution in [0.25, 0.3) is 10.2 Å². The molecule has 4 nitrogen and oxygen atoms in total. The molecular formula is C17H19N3OS2. The molecule has 3 aromatic rings. The summed E-state index contributed by atoms with van der Waals surface area (Å²) in [5.41, 5.74) is 3.57. The van der Waals surface area contributed by atoms with E-state index >= 15 is 0 Å². The summed E-state index contributed by atoms with van der Waals surface area (Å²) in [7, 11) is 0. The molecule has 0 saturated carbocycles. The molecule has 0 aliphatic carbocycles. The second kappa shape index (κ2) is 6.19. The van der Waals surface area contributed by atoms with Gasteiger partial charge in [0.1, 0.15) is 0 Å². The number of aryl methyl sites for hydroxylation is 2. The highest BCUT2D eigenvalue weighted by atomic mass is 32.1. The normalized spacial score (nSPS) is 15.5. The van der Waals surface area contributed by atoms with E-state index in [-0.39, 0.29) is 0 Å². The fourth-order valence-electron chi connectivity index (χ4n) is 2.86. The van der Waals surface area contributed by atoms with Crippen LogP contribution in [-0.2, 0) is 11.2 Å². The average molecular weight is 345 g/mol. The standard InChI is InChI=1S/C17H19N3OS2/c1-11-14(19-17(22-11)20-5-7-21-8-6-20)9-13-3-4-16-15(10-13)18-12(2)23-16/h3-4,10H,5-9H2,1-2H3. The molecule has 1 fully saturated rings. The number of nitrogens with zero attached hydrogens (tertiary/aromatic N) is 3. The van der Waals surface area contributed by atoms with Crippen LogP contribution >= 0.6 is 22.7 Å². The maximum Gasteiger partial charge on any atom is 0.185 e. The van der Waals surface area contributed by atoms with Crippen LogP contribution in [0.3, 0.4) is 0 Å². The van der Waals surface area contributed by atoms with Gasteiger partial charge in [-0.2, -0.15) is 0 Å². The lowest BCUT2D eigenvalue weighted by atomic mass is 10.1. The van der Waals surface area contributed by atoms with Crippen molar-refractivity contribution in [1.29, 1.82) is 0 Å². The van der Waals surface area contributed by atoms with E-state index < -0.39 is 0 Å². The Labute approximate surface area is 143 Å². The number of ether oxygens (including phenoxy) is 1. The minimum absolute atomic E-state index is 0.799. The summed E-state index contributed by atoms with van der Waals surface area (Å²) in [5.74, 6) is 0. The Kier molecular flexibility index (Phi) is 4.05. The first-order valence-corrected chi connectivity index (χ1v) is 9.47. The van der Waals surface area contributed by atoms with Gasteiger partial charge in [0, 0.05) is 24.4 Å². The Morgan fingerprint density at radius 3 is 2.78 bits per heavy atom. The molecule has 0 radical (unpaired) electrons. The van der Waals surface area contributed by atoms with Gasteiger partial charge >= 0.3 is 0 Å². The van der Waals surface area contributed by atoms with Crippen molar-refractivity contribution in [3.05, 3.63) is 39.3 Å². The van der Waals surface area contributed by atoms with Crippen LogP contribution in [-0.4, -0.2) is 36.3 Å². The third-order valence-electron chi connectivity index (χ3n) is 4.09. The number of anilines is 1. The molecule has 4 rings (SSSR count). The van der Waals surface area contributed by atoms with E-state index in [0.29, 0.717) is 0 Å². The van der Waals surface area contributed by atoms with Crippen LogP contribution in [0.2, 0.25) is 0 Å². The Bertz CT molecular complexity index is 834. The van der Waals surface area contributed by atoms with E-state index in [9.17, 15) is 0 Å². The fraction of sp³-hybridized carbons (Fsp3) is 0.412. The first-order valence-electron chi connectivity index (χ1n) is 7.84. The summed E-state index contributed by atoms with van der Waals surface area (Å²) in [5, 5.41) is 2.25. The molecule has 6 heteroatoms. The third kappa shape index (κ3) is 3.11. The summed E-state index contributed by atoms with van der Waals surface area (Å²) in [6.45, 7) is 7.71. The van der Waals surface area contributed by atoms with Crippen molar-refractivity contribution >= 4 is 38.0 Å². The average Bonchev–Trinajstić information content (AvgIpc) is 3.10. The first-order chi connectivity index (χ1) is 11.2. The molecule has 2 aromatic heterocycles. The van der Waals surface area contributed by atoms with Crippen molar-refractivity contribution in [3.63, 3.8) is 0 Å². The molecule has 1 aliphatic rings. The van der Waals surface area contributed by atoms with E-state index in [1.807, 2.05) is 0 Å². The highest BCUT2D eigenvalue weighted by Crippen LogP contribution is 2.29. The van der Waals surface area contributed by atoms with E-state index in [4.69, 9.17) is 9.72 Å². The van der Waals surface area contributed by atoms with Gasteiger partial charge in [-0.25, -0.2) is 9.97 Å². The SMILES string of the molecule is Cc1nc2cc(Cc3nc(N4CCOCC4)sc3C)ccc2s1. The number of hydrogen-bond acceptors (Lipinski definition) is 6. The molecule has 3 heterocycles. The van der Waals surface area contributed by atoms with Gasteiger partial charge in [-0.1, -0.05) is 6.07 Å². The highest BCUT2D eigenvalue weighted by molar-refractivity contribution is 7.18. The summed E-state index contributed by atoms with van der Waals surface area (Å²) < 4.78 is 6.69. The number of benzene rings is 1. The molecule has 120 valence electrons. The lowest BCUT2D eigenvalue weighted by Gasteiger charge is -2.26. The molecule has 23 heavy (non-hydrogen) atoms. The van der Waals surface area contributed by atoms with E-state index in [1.54, 1.807) is 22.7 Å². The van der Waals surface area contributed by atoms with Gasteiger partial charge in [-0.15, -0.1) is 22.7 Å². The fourth-order valence-corrected chi connectivity index (χ4v) is 4.64. The highest BCUT2D eigenvalue weighted by Gasteiger charge is 2.17. The maximum atomic E-state index is 5.43. The minimum Gasteiger partial charge on any atom is -0.378 e. The van der Waals surface area contributed by atoms with Gasteiger partial charge in [0.2, 0.25) is 0 Å².